The molecule has 1 amide bonds. The number of hydrogen-bond donors (Lipinski definition) is 1. The highest BCUT2D eigenvalue weighted by Gasteiger charge is 2.22. The SMILES string of the molecule is CC[C@H](Sc1nnc(-c2ccc(C)cc2)c(-c2ccc(C)cc2)n1)C(=O)Nc1ccccc1Cl. The van der Waals surface area contributed by atoms with Crippen LogP contribution in [0, 0.1) is 13.8 Å². The Kier molecular flexibility index (Phi) is 7.60. The lowest BCUT2D eigenvalue weighted by molar-refractivity contribution is -0.115. The highest BCUT2D eigenvalue weighted by Crippen LogP contribution is 2.32. The fraction of sp³-hybridized carbons (Fsp3) is 0.185. The highest BCUT2D eigenvalue weighted by molar-refractivity contribution is 8.00. The van der Waals surface area contributed by atoms with Gasteiger partial charge in [0.15, 0.2) is 0 Å². The van der Waals surface area contributed by atoms with Crippen molar-refractivity contribution in [2.45, 2.75) is 37.6 Å². The zero-order valence-electron chi connectivity index (χ0n) is 19.2. The second-order valence-corrected chi connectivity index (χ2v) is 9.58. The molecule has 0 saturated heterocycles. The molecule has 4 rings (SSSR count). The quantitative estimate of drug-likeness (QED) is 0.284. The first-order chi connectivity index (χ1) is 16.4. The monoisotopic (exact) mass is 488 g/mol. The number of aromatic nitrogens is 3. The van der Waals surface area contributed by atoms with Crippen LogP contribution in [0.3, 0.4) is 0 Å². The highest BCUT2D eigenvalue weighted by atomic mass is 35.5. The van der Waals surface area contributed by atoms with Crippen molar-refractivity contribution in [3.05, 3.63) is 88.9 Å². The van der Waals surface area contributed by atoms with Gasteiger partial charge >= 0.3 is 0 Å². The van der Waals surface area contributed by atoms with E-state index in [1.165, 1.54) is 22.9 Å². The van der Waals surface area contributed by atoms with E-state index in [0.717, 1.165) is 16.8 Å². The molecule has 3 aromatic carbocycles. The Balaban J connectivity index is 1.65. The van der Waals surface area contributed by atoms with Gasteiger partial charge < -0.3 is 5.32 Å². The lowest BCUT2D eigenvalue weighted by Gasteiger charge is -2.15. The van der Waals surface area contributed by atoms with Crippen LogP contribution >= 0.6 is 23.4 Å². The predicted octanol–water partition coefficient (Wildman–Crippen LogP) is 6.99. The molecule has 5 nitrogen and oxygen atoms in total. The van der Waals surface area contributed by atoms with E-state index < -0.39 is 5.25 Å². The van der Waals surface area contributed by atoms with Gasteiger partial charge in [0.1, 0.15) is 11.4 Å². The number of halogens is 1. The van der Waals surface area contributed by atoms with E-state index in [-0.39, 0.29) is 5.91 Å². The van der Waals surface area contributed by atoms with Crippen LogP contribution in [0.2, 0.25) is 5.02 Å². The van der Waals surface area contributed by atoms with E-state index in [0.29, 0.717) is 28.0 Å². The molecule has 4 aromatic rings. The van der Waals surface area contributed by atoms with E-state index in [2.05, 4.69) is 27.6 Å². The number of aryl methyl sites for hydroxylation is 2. The number of benzene rings is 3. The standard InChI is InChI=1S/C27H25ClN4OS/c1-4-23(26(33)29-22-8-6-5-7-21(22)28)34-27-30-24(19-13-9-17(2)10-14-19)25(31-32-27)20-15-11-18(3)12-16-20/h5-16,23H,4H2,1-3H3,(H,29,33)/t23-/m0/s1. The van der Waals surface area contributed by atoms with E-state index in [1.54, 1.807) is 12.1 Å². The molecule has 0 fully saturated rings. The Morgan fingerprint density at radius 2 is 1.47 bits per heavy atom. The number of amides is 1. The summed E-state index contributed by atoms with van der Waals surface area (Å²) in [6.45, 7) is 6.05. The number of nitrogens with zero attached hydrogens (tertiary/aromatic N) is 3. The van der Waals surface area contributed by atoms with E-state index >= 15 is 0 Å². The smallest absolute Gasteiger partial charge is 0.238 e. The third-order valence-electron chi connectivity index (χ3n) is 5.36. The molecule has 1 heterocycles. The number of thioether (sulfide) groups is 1. The van der Waals surface area contributed by atoms with Gasteiger partial charge in [0.05, 0.1) is 16.0 Å². The number of carbonyl (C=O) groups is 1. The summed E-state index contributed by atoms with van der Waals surface area (Å²) in [6, 6.07) is 23.5. The number of anilines is 1. The molecule has 1 atom stereocenters. The fourth-order valence-electron chi connectivity index (χ4n) is 3.40. The Hall–Kier alpha value is -3.22. The maximum atomic E-state index is 12.9. The molecule has 0 aliphatic rings. The van der Waals surface area contributed by atoms with Crippen LogP contribution in [0.15, 0.2) is 78.0 Å². The average Bonchev–Trinajstić information content (AvgIpc) is 2.85. The third-order valence-corrected chi connectivity index (χ3v) is 6.91. The normalized spacial score (nSPS) is 11.8. The second-order valence-electron chi connectivity index (χ2n) is 8.01. The zero-order chi connectivity index (χ0) is 24.1. The predicted molar refractivity (Wildman–Crippen MR) is 140 cm³/mol. The largest absolute Gasteiger partial charge is 0.324 e. The molecule has 1 N–H and O–H groups in total. The van der Waals surface area contributed by atoms with Gasteiger partial charge in [0.2, 0.25) is 11.1 Å². The summed E-state index contributed by atoms with van der Waals surface area (Å²) in [7, 11) is 0. The van der Waals surface area contributed by atoms with Crippen LogP contribution in [0.5, 0.6) is 0 Å². The molecule has 0 aliphatic heterocycles. The molecule has 0 spiro atoms. The Morgan fingerprint density at radius 3 is 2.06 bits per heavy atom. The van der Waals surface area contributed by atoms with Gasteiger partial charge in [-0.1, -0.05) is 102 Å². The minimum Gasteiger partial charge on any atom is -0.324 e. The summed E-state index contributed by atoms with van der Waals surface area (Å²) >= 11 is 7.51. The van der Waals surface area contributed by atoms with Gasteiger partial charge in [-0.05, 0) is 32.4 Å². The summed E-state index contributed by atoms with van der Waals surface area (Å²) in [5.74, 6) is -0.149. The number of hydrogen-bond acceptors (Lipinski definition) is 5. The Bertz CT molecular complexity index is 1290. The second kappa shape index (κ2) is 10.8. The lowest BCUT2D eigenvalue weighted by atomic mass is 10.0. The molecular weight excluding hydrogens is 464 g/mol. The molecule has 0 saturated carbocycles. The average molecular weight is 489 g/mol. The van der Waals surface area contributed by atoms with Crippen LogP contribution < -0.4 is 5.32 Å². The topological polar surface area (TPSA) is 67.8 Å². The summed E-state index contributed by atoms with van der Waals surface area (Å²) in [5, 5.41) is 12.4. The van der Waals surface area contributed by atoms with Crippen LogP contribution in [0.4, 0.5) is 5.69 Å². The molecule has 0 aliphatic carbocycles. The Morgan fingerprint density at radius 1 is 0.882 bits per heavy atom. The first-order valence-electron chi connectivity index (χ1n) is 11.1. The van der Waals surface area contributed by atoms with Crippen molar-refractivity contribution >= 4 is 35.0 Å². The van der Waals surface area contributed by atoms with Gasteiger partial charge in [-0.2, -0.15) is 0 Å². The number of nitrogens with one attached hydrogen (secondary N) is 1. The van der Waals surface area contributed by atoms with Crippen molar-refractivity contribution in [2.24, 2.45) is 0 Å². The number of rotatable bonds is 7. The van der Waals surface area contributed by atoms with Crippen LogP contribution in [-0.4, -0.2) is 26.3 Å². The van der Waals surface area contributed by atoms with Crippen molar-refractivity contribution in [2.75, 3.05) is 5.32 Å². The molecule has 34 heavy (non-hydrogen) atoms. The summed E-state index contributed by atoms with van der Waals surface area (Å²) in [4.78, 5) is 17.8. The van der Waals surface area contributed by atoms with E-state index in [4.69, 9.17) is 16.6 Å². The fourth-order valence-corrected chi connectivity index (χ4v) is 4.41. The van der Waals surface area contributed by atoms with E-state index in [9.17, 15) is 4.79 Å². The first-order valence-corrected chi connectivity index (χ1v) is 12.3. The summed E-state index contributed by atoms with van der Waals surface area (Å²) < 4.78 is 0. The summed E-state index contributed by atoms with van der Waals surface area (Å²) in [6.07, 6.45) is 0.601. The maximum Gasteiger partial charge on any atom is 0.238 e. The molecular formula is C27H25ClN4OS. The van der Waals surface area contributed by atoms with Gasteiger partial charge in [0, 0.05) is 11.1 Å². The first kappa shape index (κ1) is 23.9. The zero-order valence-corrected chi connectivity index (χ0v) is 20.8. The lowest BCUT2D eigenvalue weighted by Crippen LogP contribution is -2.25. The van der Waals surface area contributed by atoms with Gasteiger partial charge in [0.25, 0.3) is 0 Å². The minimum atomic E-state index is -0.394. The molecule has 7 heteroatoms. The van der Waals surface area contributed by atoms with Crippen molar-refractivity contribution in [3.8, 4) is 22.5 Å². The maximum absolute atomic E-state index is 12.9. The third kappa shape index (κ3) is 5.64. The minimum absolute atomic E-state index is 0.149. The van der Waals surface area contributed by atoms with Crippen LogP contribution in [0.25, 0.3) is 22.5 Å². The number of carbonyl (C=O) groups excluding carboxylic acids is 1. The van der Waals surface area contributed by atoms with Crippen molar-refractivity contribution < 1.29 is 4.79 Å². The van der Waals surface area contributed by atoms with Gasteiger partial charge in [-0.15, -0.1) is 10.2 Å². The van der Waals surface area contributed by atoms with Gasteiger partial charge in [-0.25, -0.2) is 4.98 Å². The van der Waals surface area contributed by atoms with E-state index in [1.807, 2.05) is 69.3 Å². The molecule has 1 aromatic heterocycles. The van der Waals surface area contributed by atoms with Crippen LogP contribution in [0.1, 0.15) is 24.5 Å². The molecule has 0 bridgehead atoms. The molecule has 0 radical (unpaired) electrons. The summed E-state index contributed by atoms with van der Waals surface area (Å²) in [5.41, 5.74) is 6.27. The van der Waals surface area contributed by atoms with Crippen molar-refractivity contribution in [3.63, 3.8) is 0 Å². The molecule has 172 valence electrons. The van der Waals surface area contributed by atoms with Gasteiger partial charge in [-0.3, -0.25) is 4.79 Å². The molecule has 0 unspecified atom stereocenters. The van der Waals surface area contributed by atoms with Crippen molar-refractivity contribution in [1.82, 2.24) is 15.2 Å². The Labute approximate surface area is 209 Å². The number of para-hydroxylation sites is 1. The van der Waals surface area contributed by atoms with Crippen molar-refractivity contribution in [1.29, 1.82) is 0 Å². The van der Waals surface area contributed by atoms with Crippen LogP contribution in [-0.2, 0) is 4.79 Å².